The average molecular weight is 158 g/mol. The SMILES string of the molecule is CCNN(CC(C)C)C(C)C. The normalized spacial score (nSPS) is 12.0. The molecule has 0 amide bonds. The van der Waals surface area contributed by atoms with Crippen LogP contribution in [0.3, 0.4) is 0 Å². The molecule has 0 unspecified atom stereocenters. The molecule has 0 radical (unpaired) electrons. The largest absolute Gasteiger partial charge is 0.255 e. The molecule has 0 fully saturated rings. The second-order valence-corrected chi connectivity index (χ2v) is 3.65. The number of nitrogens with zero attached hydrogens (tertiary/aromatic N) is 1. The zero-order valence-corrected chi connectivity index (χ0v) is 8.52. The van der Waals surface area contributed by atoms with Crippen LogP contribution in [0.25, 0.3) is 0 Å². The minimum atomic E-state index is 0.595. The van der Waals surface area contributed by atoms with E-state index in [1.165, 1.54) is 0 Å². The molecule has 1 N–H and O–H groups in total. The van der Waals surface area contributed by atoms with Crippen LogP contribution in [0.4, 0.5) is 0 Å². The highest BCUT2D eigenvalue weighted by atomic mass is 15.5. The molecular formula is C9H22N2. The van der Waals surface area contributed by atoms with Crippen molar-refractivity contribution < 1.29 is 0 Å². The van der Waals surface area contributed by atoms with Crippen LogP contribution in [0.5, 0.6) is 0 Å². The van der Waals surface area contributed by atoms with Gasteiger partial charge in [-0.15, -0.1) is 0 Å². The molecule has 0 aromatic carbocycles. The monoisotopic (exact) mass is 158 g/mol. The summed E-state index contributed by atoms with van der Waals surface area (Å²) in [6.45, 7) is 13.2. The third kappa shape index (κ3) is 5.22. The lowest BCUT2D eigenvalue weighted by Crippen LogP contribution is -2.44. The van der Waals surface area contributed by atoms with E-state index in [1.807, 2.05) is 0 Å². The quantitative estimate of drug-likeness (QED) is 0.615. The Bertz CT molecular complexity index is 89.6. The molecule has 0 aliphatic carbocycles. The average Bonchev–Trinajstić information content (AvgIpc) is 1.86. The molecule has 11 heavy (non-hydrogen) atoms. The smallest absolute Gasteiger partial charge is 0.0187 e. The summed E-state index contributed by atoms with van der Waals surface area (Å²) in [5, 5.41) is 2.30. The Morgan fingerprint density at radius 1 is 1.18 bits per heavy atom. The van der Waals surface area contributed by atoms with E-state index in [0.29, 0.717) is 6.04 Å². The first-order chi connectivity index (χ1) is 5.07. The van der Waals surface area contributed by atoms with Gasteiger partial charge in [0.1, 0.15) is 0 Å². The first-order valence-corrected chi connectivity index (χ1v) is 4.58. The van der Waals surface area contributed by atoms with Gasteiger partial charge in [-0.3, -0.25) is 5.43 Å². The van der Waals surface area contributed by atoms with Gasteiger partial charge in [0, 0.05) is 19.1 Å². The number of hydrogen-bond acceptors (Lipinski definition) is 2. The topological polar surface area (TPSA) is 15.3 Å². The van der Waals surface area contributed by atoms with Gasteiger partial charge in [-0.2, -0.15) is 0 Å². The van der Waals surface area contributed by atoms with Gasteiger partial charge in [-0.1, -0.05) is 20.8 Å². The number of rotatable bonds is 5. The maximum absolute atomic E-state index is 3.35. The second kappa shape index (κ2) is 5.56. The van der Waals surface area contributed by atoms with E-state index in [2.05, 4.69) is 45.1 Å². The summed E-state index contributed by atoms with van der Waals surface area (Å²) in [6, 6.07) is 0.595. The first kappa shape index (κ1) is 10.9. The molecule has 0 bridgehead atoms. The minimum absolute atomic E-state index is 0.595. The van der Waals surface area contributed by atoms with E-state index in [9.17, 15) is 0 Å². The summed E-state index contributed by atoms with van der Waals surface area (Å²) >= 11 is 0. The minimum Gasteiger partial charge on any atom is -0.255 e. The molecule has 0 heterocycles. The fourth-order valence-electron chi connectivity index (χ4n) is 1.05. The predicted molar refractivity (Wildman–Crippen MR) is 50.4 cm³/mol. The van der Waals surface area contributed by atoms with Crippen LogP contribution in [0.1, 0.15) is 34.6 Å². The van der Waals surface area contributed by atoms with Gasteiger partial charge >= 0.3 is 0 Å². The van der Waals surface area contributed by atoms with E-state index in [4.69, 9.17) is 0 Å². The molecular weight excluding hydrogens is 136 g/mol. The molecule has 68 valence electrons. The Morgan fingerprint density at radius 3 is 2.00 bits per heavy atom. The highest BCUT2D eigenvalue weighted by Gasteiger charge is 2.08. The molecule has 0 aromatic rings. The number of nitrogens with one attached hydrogen (secondary N) is 1. The molecule has 0 atom stereocenters. The van der Waals surface area contributed by atoms with Crippen LogP contribution < -0.4 is 5.43 Å². The Kier molecular flexibility index (Phi) is 5.51. The standard InChI is InChI=1S/C9H22N2/c1-6-10-11(9(4)5)7-8(2)3/h8-10H,6-7H2,1-5H3. The molecule has 0 aromatic heterocycles. The third-order valence-corrected chi connectivity index (χ3v) is 1.55. The molecule has 0 aliphatic rings. The van der Waals surface area contributed by atoms with Gasteiger partial charge in [0.05, 0.1) is 0 Å². The van der Waals surface area contributed by atoms with Crippen molar-refractivity contribution in [2.75, 3.05) is 13.1 Å². The van der Waals surface area contributed by atoms with E-state index < -0.39 is 0 Å². The Morgan fingerprint density at radius 2 is 1.73 bits per heavy atom. The van der Waals surface area contributed by atoms with Gasteiger partial charge in [-0.25, -0.2) is 5.01 Å². The molecule has 2 nitrogen and oxygen atoms in total. The van der Waals surface area contributed by atoms with E-state index >= 15 is 0 Å². The van der Waals surface area contributed by atoms with Gasteiger partial charge in [0.2, 0.25) is 0 Å². The molecule has 2 heteroatoms. The summed E-state index contributed by atoms with van der Waals surface area (Å²) < 4.78 is 0. The molecule has 0 spiro atoms. The highest BCUT2D eigenvalue weighted by Crippen LogP contribution is 1.99. The maximum Gasteiger partial charge on any atom is 0.0187 e. The summed E-state index contributed by atoms with van der Waals surface area (Å²) in [5.74, 6) is 0.733. The zero-order chi connectivity index (χ0) is 8.85. The van der Waals surface area contributed by atoms with Gasteiger partial charge < -0.3 is 0 Å². The van der Waals surface area contributed by atoms with Gasteiger partial charge in [0.25, 0.3) is 0 Å². The first-order valence-electron chi connectivity index (χ1n) is 4.58. The molecule has 0 rings (SSSR count). The van der Waals surface area contributed by atoms with Crippen LogP contribution in [-0.2, 0) is 0 Å². The van der Waals surface area contributed by atoms with Crippen LogP contribution >= 0.6 is 0 Å². The number of hydrogen-bond donors (Lipinski definition) is 1. The van der Waals surface area contributed by atoms with Crippen molar-refractivity contribution in [1.82, 2.24) is 10.4 Å². The highest BCUT2D eigenvalue weighted by molar-refractivity contribution is 4.59. The Labute approximate surface area is 70.9 Å². The van der Waals surface area contributed by atoms with Crippen molar-refractivity contribution in [2.45, 2.75) is 40.7 Å². The van der Waals surface area contributed by atoms with Crippen molar-refractivity contribution in [3.63, 3.8) is 0 Å². The second-order valence-electron chi connectivity index (χ2n) is 3.65. The summed E-state index contributed by atoms with van der Waals surface area (Å²) in [4.78, 5) is 0. The van der Waals surface area contributed by atoms with Gasteiger partial charge in [-0.05, 0) is 19.8 Å². The van der Waals surface area contributed by atoms with Crippen molar-refractivity contribution >= 4 is 0 Å². The Balaban J connectivity index is 3.69. The van der Waals surface area contributed by atoms with Crippen molar-refractivity contribution in [3.05, 3.63) is 0 Å². The lowest BCUT2D eigenvalue weighted by Gasteiger charge is -2.28. The lowest BCUT2D eigenvalue weighted by atomic mass is 10.2. The van der Waals surface area contributed by atoms with E-state index in [1.54, 1.807) is 0 Å². The van der Waals surface area contributed by atoms with Gasteiger partial charge in [0.15, 0.2) is 0 Å². The molecule has 0 aliphatic heterocycles. The zero-order valence-electron chi connectivity index (χ0n) is 8.52. The van der Waals surface area contributed by atoms with Crippen molar-refractivity contribution in [1.29, 1.82) is 0 Å². The van der Waals surface area contributed by atoms with Crippen LogP contribution in [0, 0.1) is 5.92 Å². The fraction of sp³-hybridized carbons (Fsp3) is 1.00. The number of hydrazine groups is 1. The van der Waals surface area contributed by atoms with Crippen LogP contribution in [0.15, 0.2) is 0 Å². The predicted octanol–water partition coefficient (Wildman–Crippen LogP) is 1.88. The fourth-order valence-corrected chi connectivity index (χ4v) is 1.05. The molecule has 0 saturated carbocycles. The molecule has 0 saturated heterocycles. The van der Waals surface area contributed by atoms with Crippen molar-refractivity contribution in [3.8, 4) is 0 Å². The Hall–Kier alpha value is -0.0800. The summed E-state index contributed by atoms with van der Waals surface area (Å²) in [5.41, 5.74) is 3.35. The van der Waals surface area contributed by atoms with Crippen LogP contribution in [-0.4, -0.2) is 24.1 Å². The van der Waals surface area contributed by atoms with E-state index in [-0.39, 0.29) is 0 Å². The third-order valence-electron chi connectivity index (χ3n) is 1.55. The van der Waals surface area contributed by atoms with E-state index in [0.717, 1.165) is 19.0 Å². The van der Waals surface area contributed by atoms with Crippen molar-refractivity contribution in [2.24, 2.45) is 5.92 Å². The maximum atomic E-state index is 3.35. The summed E-state index contributed by atoms with van der Waals surface area (Å²) in [6.07, 6.45) is 0. The van der Waals surface area contributed by atoms with Crippen LogP contribution in [0.2, 0.25) is 0 Å². The lowest BCUT2D eigenvalue weighted by molar-refractivity contribution is 0.129. The summed E-state index contributed by atoms with van der Waals surface area (Å²) in [7, 11) is 0.